The van der Waals surface area contributed by atoms with E-state index < -0.39 is 11.7 Å². The van der Waals surface area contributed by atoms with Crippen LogP contribution >= 0.6 is 0 Å². The Bertz CT molecular complexity index is 899. The lowest BCUT2D eigenvalue weighted by Gasteiger charge is -2.26. The van der Waals surface area contributed by atoms with E-state index in [0.717, 1.165) is 67.4 Å². The van der Waals surface area contributed by atoms with Crippen LogP contribution in [-0.4, -0.2) is 21.5 Å². The van der Waals surface area contributed by atoms with Gasteiger partial charge in [0.1, 0.15) is 5.82 Å². The Labute approximate surface area is 155 Å². The molecule has 2 heterocycles. The van der Waals surface area contributed by atoms with E-state index in [4.69, 9.17) is 0 Å². The first-order chi connectivity index (χ1) is 13.0. The van der Waals surface area contributed by atoms with Crippen molar-refractivity contribution in [1.82, 2.24) is 20.3 Å². The largest absolute Gasteiger partial charge is 0.417 e. The van der Waals surface area contributed by atoms with Crippen molar-refractivity contribution >= 4 is 11.0 Å². The topological polar surface area (TPSA) is 53.6 Å². The number of halogens is 3. The van der Waals surface area contributed by atoms with Crippen molar-refractivity contribution in [2.45, 2.75) is 44.3 Å². The Kier molecular flexibility index (Phi) is 4.86. The minimum atomic E-state index is -4.36. The number of hydrogen-bond donors (Lipinski definition) is 2. The molecule has 0 saturated heterocycles. The Morgan fingerprint density at radius 2 is 2.07 bits per heavy atom. The number of aromatic amines is 1. The lowest BCUT2D eigenvalue weighted by molar-refractivity contribution is -0.137. The van der Waals surface area contributed by atoms with E-state index in [1.54, 1.807) is 0 Å². The Hall–Kier alpha value is -2.41. The van der Waals surface area contributed by atoms with E-state index in [9.17, 15) is 13.2 Å². The zero-order valence-corrected chi connectivity index (χ0v) is 14.8. The average Bonchev–Trinajstić information content (AvgIpc) is 3.07. The number of aryl methyl sites for hydroxylation is 2. The molecule has 0 saturated carbocycles. The monoisotopic (exact) mass is 374 g/mol. The predicted molar refractivity (Wildman–Crippen MR) is 97.3 cm³/mol. The summed E-state index contributed by atoms with van der Waals surface area (Å²) in [5, 5.41) is 3.41. The van der Waals surface area contributed by atoms with Crippen LogP contribution < -0.4 is 5.32 Å². The fourth-order valence-corrected chi connectivity index (χ4v) is 3.67. The van der Waals surface area contributed by atoms with Gasteiger partial charge in [-0.2, -0.15) is 13.2 Å². The summed E-state index contributed by atoms with van der Waals surface area (Å²) in [5.74, 6) is 0.933. The van der Waals surface area contributed by atoms with Gasteiger partial charge in [-0.1, -0.05) is 12.1 Å². The smallest absolute Gasteiger partial charge is 0.342 e. The van der Waals surface area contributed by atoms with Crippen molar-refractivity contribution in [1.29, 1.82) is 0 Å². The van der Waals surface area contributed by atoms with Gasteiger partial charge in [0.25, 0.3) is 0 Å². The van der Waals surface area contributed by atoms with Gasteiger partial charge in [-0.3, -0.25) is 4.98 Å². The van der Waals surface area contributed by atoms with E-state index in [2.05, 4.69) is 20.3 Å². The first-order valence-electron chi connectivity index (χ1n) is 9.24. The van der Waals surface area contributed by atoms with Crippen LogP contribution in [0.25, 0.3) is 11.0 Å². The maximum Gasteiger partial charge on any atom is 0.417 e. The van der Waals surface area contributed by atoms with Crippen molar-refractivity contribution < 1.29 is 13.2 Å². The molecule has 27 heavy (non-hydrogen) atoms. The number of benzene rings is 1. The number of nitrogens with zero attached hydrogens (tertiary/aromatic N) is 2. The molecule has 1 atom stereocenters. The van der Waals surface area contributed by atoms with Gasteiger partial charge in [0.2, 0.25) is 0 Å². The summed E-state index contributed by atoms with van der Waals surface area (Å²) < 4.78 is 39.0. The summed E-state index contributed by atoms with van der Waals surface area (Å²) in [6.45, 7) is 0.720. The van der Waals surface area contributed by atoms with Crippen molar-refractivity contribution in [2.75, 3.05) is 6.54 Å². The van der Waals surface area contributed by atoms with Crippen LogP contribution in [0, 0.1) is 0 Å². The highest BCUT2D eigenvalue weighted by molar-refractivity contribution is 5.74. The van der Waals surface area contributed by atoms with Gasteiger partial charge in [0.15, 0.2) is 0 Å². The number of H-pyrrole nitrogens is 1. The van der Waals surface area contributed by atoms with Crippen LogP contribution in [0.1, 0.15) is 47.9 Å². The molecular formula is C20H21F3N4. The maximum atomic E-state index is 13.0. The van der Waals surface area contributed by atoms with Crippen molar-refractivity contribution in [3.8, 4) is 0 Å². The molecular weight excluding hydrogens is 353 g/mol. The third-order valence-electron chi connectivity index (χ3n) is 5.03. The minimum absolute atomic E-state index is 0.0702. The SMILES string of the molecule is FC(F)(F)c1cnc2c(c1)C(NCCCc1nc3ccccc3[nH]1)CCC2. The second-order valence-corrected chi connectivity index (χ2v) is 6.96. The molecule has 1 aliphatic carbocycles. The standard InChI is InChI=1S/C20H21F3N4/c21-20(22,23)13-11-14-15(7-3-8-16(14)25-12-13)24-10-4-9-19-26-17-5-1-2-6-18(17)27-19/h1-2,5-6,11-12,15,24H,3-4,7-10H2,(H,26,27). The Morgan fingerprint density at radius 3 is 2.89 bits per heavy atom. The number of nitrogens with one attached hydrogen (secondary N) is 2. The molecule has 0 amide bonds. The zero-order valence-electron chi connectivity index (χ0n) is 14.8. The van der Waals surface area contributed by atoms with Gasteiger partial charge < -0.3 is 10.3 Å². The molecule has 3 aromatic rings. The number of imidazole rings is 1. The van der Waals surface area contributed by atoms with Gasteiger partial charge >= 0.3 is 6.18 Å². The number of rotatable bonds is 5. The Morgan fingerprint density at radius 1 is 1.22 bits per heavy atom. The lowest BCUT2D eigenvalue weighted by atomic mass is 9.90. The van der Waals surface area contributed by atoms with Gasteiger partial charge in [-0.15, -0.1) is 0 Å². The third kappa shape index (κ3) is 3.98. The van der Waals surface area contributed by atoms with Crippen LogP contribution in [0.3, 0.4) is 0 Å². The van der Waals surface area contributed by atoms with E-state index in [1.807, 2.05) is 24.3 Å². The van der Waals surface area contributed by atoms with Crippen molar-refractivity contribution in [2.24, 2.45) is 0 Å². The predicted octanol–water partition coefficient (Wildman–Crippen LogP) is 4.58. The highest BCUT2D eigenvalue weighted by atomic mass is 19.4. The van der Waals surface area contributed by atoms with Crippen LogP contribution in [0.15, 0.2) is 36.5 Å². The summed E-state index contributed by atoms with van der Waals surface area (Å²) in [4.78, 5) is 11.9. The highest BCUT2D eigenvalue weighted by Gasteiger charge is 2.33. The third-order valence-corrected chi connectivity index (χ3v) is 5.03. The molecule has 4 rings (SSSR count). The van der Waals surface area contributed by atoms with Gasteiger partial charge in [0.05, 0.1) is 16.6 Å². The van der Waals surface area contributed by atoms with Crippen molar-refractivity contribution in [3.05, 3.63) is 59.2 Å². The quantitative estimate of drug-likeness (QED) is 0.643. The minimum Gasteiger partial charge on any atom is -0.342 e. The number of hydrogen-bond acceptors (Lipinski definition) is 3. The molecule has 1 unspecified atom stereocenters. The molecule has 0 bridgehead atoms. The Balaban J connectivity index is 1.38. The van der Waals surface area contributed by atoms with E-state index in [1.165, 1.54) is 6.07 Å². The number of alkyl halides is 3. The van der Waals surface area contributed by atoms with Gasteiger partial charge in [0, 0.05) is 24.4 Å². The van der Waals surface area contributed by atoms with E-state index in [0.29, 0.717) is 5.56 Å². The fraction of sp³-hybridized carbons (Fsp3) is 0.400. The first-order valence-corrected chi connectivity index (χ1v) is 9.24. The van der Waals surface area contributed by atoms with Crippen LogP contribution in [0.4, 0.5) is 13.2 Å². The molecule has 1 aromatic carbocycles. The maximum absolute atomic E-state index is 13.0. The molecule has 0 aliphatic heterocycles. The number of pyridine rings is 1. The van der Waals surface area contributed by atoms with Crippen molar-refractivity contribution in [3.63, 3.8) is 0 Å². The highest BCUT2D eigenvalue weighted by Crippen LogP contribution is 2.34. The number of fused-ring (bicyclic) bond motifs is 2. The molecule has 0 radical (unpaired) electrons. The van der Waals surface area contributed by atoms with E-state index >= 15 is 0 Å². The first kappa shape index (κ1) is 18.0. The summed E-state index contributed by atoms with van der Waals surface area (Å²) in [5.41, 5.74) is 2.78. The molecule has 142 valence electrons. The van der Waals surface area contributed by atoms with Gasteiger partial charge in [-0.05, 0) is 56.0 Å². The van der Waals surface area contributed by atoms with Gasteiger partial charge in [-0.25, -0.2) is 4.98 Å². The molecule has 0 spiro atoms. The normalized spacial score (nSPS) is 17.2. The molecule has 2 aromatic heterocycles. The molecule has 4 nitrogen and oxygen atoms in total. The summed E-state index contributed by atoms with van der Waals surface area (Å²) in [6.07, 6.45) is 0.756. The lowest BCUT2D eigenvalue weighted by Crippen LogP contribution is -2.27. The molecule has 2 N–H and O–H groups in total. The average molecular weight is 374 g/mol. The second-order valence-electron chi connectivity index (χ2n) is 6.96. The summed E-state index contributed by atoms with van der Waals surface area (Å²) in [6, 6.07) is 9.08. The summed E-state index contributed by atoms with van der Waals surface area (Å²) >= 11 is 0. The fourth-order valence-electron chi connectivity index (χ4n) is 3.67. The molecule has 1 aliphatic rings. The van der Waals surface area contributed by atoms with Crippen LogP contribution in [-0.2, 0) is 19.0 Å². The zero-order chi connectivity index (χ0) is 18.9. The number of para-hydroxylation sites is 2. The summed E-state index contributed by atoms with van der Waals surface area (Å²) in [7, 11) is 0. The second kappa shape index (κ2) is 7.31. The molecule has 7 heteroatoms. The van der Waals surface area contributed by atoms with E-state index in [-0.39, 0.29) is 6.04 Å². The number of aromatic nitrogens is 3. The van der Waals surface area contributed by atoms with Crippen LogP contribution in [0.5, 0.6) is 0 Å². The van der Waals surface area contributed by atoms with Crippen LogP contribution in [0.2, 0.25) is 0 Å². The molecule has 0 fully saturated rings.